The van der Waals surface area contributed by atoms with Crippen molar-refractivity contribution < 1.29 is 19.1 Å². The second-order valence-electron chi connectivity index (χ2n) is 7.09. The SMILES string of the molecule is C#CCOc1c(Br)cc(/C=N/NC(=O)C(NC(=O)c2ccc(Cl)c(Cl)c2)C(C)C)cc1OC. The minimum atomic E-state index is -0.829. The van der Waals surface area contributed by atoms with Gasteiger partial charge in [0.2, 0.25) is 0 Å². The van der Waals surface area contributed by atoms with E-state index in [1.54, 1.807) is 26.0 Å². The first-order valence-electron chi connectivity index (χ1n) is 9.70. The normalized spacial score (nSPS) is 11.7. The van der Waals surface area contributed by atoms with Crippen LogP contribution in [0, 0.1) is 18.3 Å². The van der Waals surface area contributed by atoms with Gasteiger partial charge in [-0.2, -0.15) is 5.10 Å². The third-order valence-corrected chi connectivity index (χ3v) is 5.69. The Kier molecular flexibility index (Phi) is 10.0. The minimum absolute atomic E-state index is 0.0863. The van der Waals surface area contributed by atoms with Gasteiger partial charge in [-0.25, -0.2) is 5.43 Å². The number of hydrogen-bond donors (Lipinski definition) is 2. The molecule has 0 aliphatic rings. The summed E-state index contributed by atoms with van der Waals surface area (Å²) >= 11 is 15.3. The molecule has 0 aliphatic carbocycles. The number of rotatable bonds is 9. The maximum Gasteiger partial charge on any atom is 0.262 e. The van der Waals surface area contributed by atoms with Crippen molar-refractivity contribution >= 4 is 57.2 Å². The van der Waals surface area contributed by atoms with Crippen LogP contribution in [0.5, 0.6) is 11.5 Å². The van der Waals surface area contributed by atoms with Gasteiger partial charge in [-0.15, -0.1) is 6.42 Å². The lowest BCUT2D eigenvalue weighted by atomic mass is 10.0. The van der Waals surface area contributed by atoms with Crippen LogP contribution in [0.4, 0.5) is 0 Å². The molecule has 2 aromatic rings. The number of terminal acetylenes is 1. The molecule has 1 atom stereocenters. The average Bonchev–Trinajstić information content (AvgIpc) is 2.77. The van der Waals surface area contributed by atoms with E-state index in [2.05, 4.69) is 37.7 Å². The van der Waals surface area contributed by atoms with Gasteiger partial charge >= 0.3 is 0 Å². The van der Waals surface area contributed by atoms with Crippen LogP contribution >= 0.6 is 39.1 Å². The van der Waals surface area contributed by atoms with Crippen LogP contribution in [0.3, 0.4) is 0 Å². The second-order valence-corrected chi connectivity index (χ2v) is 8.75. The first kappa shape index (κ1) is 26.5. The van der Waals surface area contributed by atoms with E-state index in [-0.39, 0.29) is 23.1 Å². The number of hydrazone groups is 1. The van der Waals surface area contributed by atoms with Crippen LogP contribution < -0.4 is 20.2 Å². The number of carbonyl (C=O) groups is 2. The second kappa shape index (κ2) is 12.5. The Morgan fingerprint density at radius 3 is 2.58 bits per heavy atom. The van der Waals surface area contributed by atoms with Crippen LogP contribution in [0.15, 0.2) is 39.9 Å². The zero-order valence-corrected chi connectivity index (χ0v) is 21.2. The van der Waals surface area contributed by atoms with Crippen molar-refractivity contribution in [1.29, 1.82) is 0 Å². The van der Waals surface area contributed by atoms with Crippen molar-refractivity contribution in [3.63, 3.8) is 0 Å². The van der Waals surface area contributed by atoms with E-state index in [4.69, 9.17) is 39.1 Å². The van der Waals surface area contributed by atoms with E-state index in [9.17, 15) is 9.59 Å². The van der Waals surface area contributed by atoms with Crippen molar-refractivity contribution in [2.75, 3.05) is 13.7 Å². The lowest BCUT2D eigenvalue weighted by Gasteiger charge is -2.20. The van der Waals surface area contributed by atoms with E-state index in [1.807, 2.05) is 0 Å². The number of benzene rings is 2. The van der Waals surface area contributed by atoms with Gasteiger partial charge in [-0.3, -0.25) is 9.59 Å². The summed E-state index contributed by atoms with van der Waals surface area (Å²) < 4.78 is 11.4. The van der Waals surface area contributed by atoms with Crippen molar-refractivity contribution in [2.24, 2.45) is 11.0 Å². The van der Waals surface area contributed by atoms with Gasteiger partial charge in [0.1, 0.15) is 12.6 Å². The molecule has 0 spiro atoms. The maximum atomic E-state index is 12.7. The standard InChI is InChI=1S/C23H22BrCl2N3O4/c1-5-8-33-21-16(24)9-14(10-19(21)32-4)12-27-29-23(31)20(13(2)3)28-22(30)15-6-7-17(25)18(26)11-15/h1,6-7,9-13,20H,8H2,2-4H3,(H,28,30)(H,29,31)/b27-12+. The Bertz CT molecular complexity index is 1100. The lowest BCUT2D eigenvalue weighted by Crippen LogP contribution is -2.48. The van der Waals surface area contributed by atoms with Crippen molar-refractivity contribution in [2.45, 2.75) is 19.9 Å². The molecule has 0 saturated heterocycles. The highest BCUT2D eigenvalue weighted by molar-refractivity contribution is 9.10. The average molecular weight is 555 g/mol. The van der Waals surface area contributed by atoms with Crippen LogP contribution in [0.2, 0.25) is 10.0 Å². The highest BCUT2D eigenvalue weighted by Gasteiger charge is 2.24. The maximum absolute atomic E-state index is 12.7. The summed E-state index contributed by atoms with van der Waals surface area (Å²) in [5, 5.41) is 7.27. The van der Waals surface area contributed by atoms with Crippen LogP contribution in [-0.2, 0) is 4.79 Å². The number of methoxy groups -OCH3 is 1. The Balaban J connectivity index is 2.10. The topological polar surface area (TPSA) is 89.0 Å². The van der Waals surface area contributed by atoms with Gasteiger partial charge in [-0.05, 0) is 57.7 Å². The molecule has 10 heteroatoms. The molecule has 0 fully saturated rings. The molecule has 0 saturated carbocycles. The van der Waals surface area contributed by atoms with Crippen LogP contribution in [0.1, 0.15) is 29.8 Å². The molecule has 2 amide bonds. The molecule has 0 aromatic heterocycles. The smallest absolute Gasteiger partial charge is 0.262 e. The van der Waals surface area contributed by atoms with E-state index in [1.165, 1.54) is 31.5 Å². The molecular formula is C23H22BrCl2N3O4. The molecule has 7 nitrogen and oxygen atoms in total. The third kappa shape index (κ3) is 7.39. The molecule has 2 N–H and O–H groups in total. The number of hydrogen-bond acceptors (Lipinski definition) is 5. The quantitative estimate of drug-likeness (QED) is 0.267. The zero-order valence-electron chi connectivity index (χ0n) is 18.1. The van der Waals surface area contributed by atoms with Gasteiger partial charge in [0.15, 0.2) is 11.5 Å². The number of nitrogens with one attached hydrogen (secondary N) is 2. The molecule has 2 rings (SSSR count). The monoisotopic (exact) mass is 553 g/mol. The molecule has 2 aromatic carbocycles. The fourth-order valence-corrected chi connectivity index (χ4v) is 3.58. The highest BCUT2D eigenvalue weighted by Crippen LogP contribution is 2.36. The van der Waals surface area contributed by atoms with E-state index in [0.29, 0.717) is 26.6 Å². The van der Waals surface area contributed by atoms with Crippen molar-refractivity contribution in [3.05, 3.63) is 56.0 Å². The summed E-state index contributed by atoms with van der Waals surface area (Å²) in [4.78, 5) is 25.2. The fraction of sp³-hybridized carbons (Fsp3) is 0.261. The van der Waals surface area contributed by atoms with E-state index < -0.39 is 17.9 Å². The molecule has 0 heterocycles. The Morgan fingerprint density at radius 2 is 1.97 bits per heavy atom. The lowest BCUT2D eigenvalue weighted by molar-refractivity contribution is -0.123. The molecule has 0 radical (unpaired) electrons. The summed E-state index contributed by atoms with van der Waals surface area (Å²) in [6, 6.07) is 7.07. The predicted octanol–water partition coefficient (Wildman–Crippen LogP) is 4.68. The van der Waals surface area contributed by atoms with Gasteiger partial charge in [-0.1, -0.05) is 43.0 Å². The van der Waals surface area contributed by atoms with Crippen LogP contribution in [-0.4, -0.2) is 37.8 Å². The molecule has 1 unspecified atom stereocenters. The Morgan fingerprint density at radius 1 is 1.24 bits per heavy atom. The first-order chi connectivity index (χ1) is 15.7. The van der Waals surface area contributed by atoms with Crippen molar-refractivity contribution in [1.82, 2.24) is 10.7 Å². The summed E-state index contributed by atoms with van der Waals surface area (Å²) in [6.45, 7) is 3.70. The number of amides is 2. The third-order valence-electron chi connectivity index (χ3n) is 4.36. The summed E-state index contributed by atoms with van der Waals surface area (Å²) in [7, 11) is 1.50. The number of nitrogens with zero attached hydrogens (tertiary/aromatic N) is 1. The van der Waals surface area contributed by atoms with Gasteiger partial charge in [0.25, 0.3) is 11.8 Å². The van der Waals surface area contributed by atoms with Gasteiger partial charge < -0.3 is 14.8 Å². The molecule has 0 aliphatic heterocycles. The highest BCUT2D eigenvalue weighted by atomic mass is 79.9. The molecular weight excluding hydrogens is 533 g/mol. The Hall–Kier alpha value is -2.73. The Labute approximate surface area is 210 Å². The van der Waals surface area contributed by atoms with E-state index in [0.717, 1.165) is 0 Å². The van der Waals surface area contributed by atoms with Crippen molar-refractivity contribution in [3.8, 4) is 23.8 Å². The number of halogens is 3. The van der Waals surface area contributed by atoms with Gasteiger partial charge in [0.05, 0.1) is 27.8 Å². The largest absolute Gasteiger partial charge is 0.493 e. The molecule has 0 bridgehead atoms. The number of ether oxygens (including phenoxy) is 2. The summed E-state index contributed by atoms with van der Waals surface area (Å²) in [5.41, 5.74) is 3.37. The molecule has 33 heavy (non-hydrogen) atoms. The fourth-order valence-electron chi connectivity index (χ4n) is 2.71. The van der Waals surface area contributed by atoms with E-state index >= 15 is 0 Å². The molecule has 174 valence electrons. The number of carbonyl (C=O) groups excluding carboxylic acids is 2. The first-order valence-corrected chi connectivity index (χ1v) is 11.3. The minimum Gasteiger partial charge on any atom is -0.493 e. The predicted molar refractivity (Wildman–Crippen MR) is 133 cm³/mol. The van der Waals surface area contributed by atoms with Gasteiger partial charge in [0, 0.05) is 5.56 Å². The zero-order chi connectivity index (χ0) is 24.5. The van der Waals surface area contributed by atoms with Crippen LogP contribution in [0.25, 0.3) is 0 Å². The summed E-state index contributed by atoms with van der Waals surface area (Å²) in [6.07, 6.45) is 6.67. The summed E-state index contributed by atoms with van der Waals surface area (Å²) in [5.74, 6) is 2.16.